The minimum atomic E-state index is -0.545. The molecule has 0 saturated carbocycles. The summed E-state index contributed by atoms with van der Waals surface area (Å²) in [5.74, 6) is -0.340. The van der Waals surface area contributed by atoms with Crippen LogP contribution in [0.25, 0.3) is 5.57 Å². The van der Waals surface area contributed by atoms with Gasteiger partial charge in [0, 0.05) is 12.1 Å². The van der Waals surface area contributed by atoms with Crippen molar-refractivity contribution in [3.8, 4) is 0 Å². The molecule has 0 unspecified atom stereocenters. The minimum absolute atomic E-state index is 0.337. The van der Waals surface area contributed by atoms with Gasteiger partial charge in [0.05, 0.1) is 13.7 Å². The van der Waals surface area contributed by atoms with Crippen LogP contribution < -0.4 is 0 Å². The Balaban J connectivity index is 2.29. The third-order valence-electron chi connectivity index (χ3n) is 3.55. The smallest absolute Gasteiger partial charge is 0.410 e. The van der Waals surface area contributed by atoms with Crippen LogP contribution in [0.3, 0.4) is 0 Å². The lowest BCUT2D eigenvalue weighted by atomic mass is 9.94. The number of hydrogen-bond acceptors (Lipinski definition) is 4. The second-order valence-electron chi connectivity index (χ2n) is 6.47. The maximum absolute atomic E-state index is 12.3. The minimum Gasteiger partial charge on any atom is -0.466 e. The monoisotopic (exact) mass is 317 g/mol. The van der Waals surface area contributed by atoms with Gasteiger partial charge in [-0.15, -0.1) is 0 Å². The lowest BCUT2D eigenvalue weighted by molar-refractivity contribution is -0.136. The van der Waals surface area contributed by atoms with Crippen LogP contribution >= 0.6 is 0 Å². The maximum atomic E-state index is 12.3. The van der Waals surface area contributed by atoms with Crippen LogP contribution in [0.1, 0.15) is 32.8 Å². The molecule has 0 aromatic heterocycles. The number of esters is 1. The summed E-state index contributed by atoms with van der Waals surface area (Å²) < 4.78 is 10.3. The largest absolute Gasteiger partial charge is 0.466 e. The highest BCUT2D eigenvalue weighted by atomic mass is 16.6. The highest BCUT2D eigenvalue weighted by molar-refractivity contribution is 5.99. The summed E-state index contributed by atoms with van der Waals surface area (Å²) in [6.45, 7) is 6.28. The molecule has 0 spiro atoms. The Morgan fingerprint density at radius 1 is 1.13 bits per heavy atom. The first-order valence-electron chi connectivity index (χ1n) is 7.65. The fourth-order valence-corrected chi connectivity index (χ4v) is 2.50. The molecule has 0 aliphatic carbocycles. The molecule has 1 aromatic rings. The van der Waals surface area contributed by atoms with Crippen molar-refractivity contribution in [2.75, 3.05) is 20.2 Å². The lowest BCUT2D eigenvalue weighted by Crippen LogP contribution is -2.41. The molecule has 1 heterocycles. The molecule has 1 amide bonds. The van der Waals surface area contributed by atoms with Crippen molar-refractivity contribution >= 4 is 17.6 Å². The Bertz CT molecular complexity index is 614. The Morgan fingerprint density at radius 3 is 2.35 bits per heavy atom. The van der Waals surface area contributed by atoms with E-state index in [1.807, 2.05) is 51.1 Å². The maximum Gasteiger partial charge on any atom is 0.410 e. The van der Waals surface area contributed by atoms with Gasteiger partial charge in [0.1, 0.15) is 5.60 Å². The summed E-state index contributed by atoms with van der Waals surface area (Å²) in [5.41, 5.74) is 1.81. The standard InChI is InChI=1S/C18H23NO4/c1-18(2,3)23-17(21)19-11-10-14(16(20)22-4)15(12-19)13-8-6-5-7-9-13/h5-9H,10-12H2,1-4H3. The fourth-order valence-electron chi connectivity index (χ4n) is 2.50. The van der Waals surface area contributed by atoms with Gasteiger partial charge in [0.2, 0.25) is 0 Å². The van der Waals surface area contributed by atoms with Crippen LogP contribution in [0.2, 0.25) is 0 Å². The second kappa shape index (κ2) is 6.86. The van der Waals surface area contributed by atoms with E-state index in [0.29, 0.717) is 25.1 Å². The summed E-state index contributed by atoms with van der Waals surface area (Å²) in [5, 5.41) is 0. The number of nitrogens with zero attached hydrogens (tertiary/aromatic N) is 1. The van der Waals surface area contributed by atoms with Crippen molar-refractivity contribution in [2.45, 2.75) is 32.8 Å². The van der Waals surface area contributed by atoms with Crippen LogP contribution in [0.5, 0.6) is 0 Å². The Labute approximate surface area is 136 Å². The molecule has 5 heteroatoms. The van der Waals surface area contributed by atoms with E-state index in [4.69, 9.17) is 9.47 Å². The Morgan fingerprint density at radius 2 is 1.78 bits per heavy atom. The molecule has 0 atom stereocenters. The van der Waals surface area contributed by atoms with Gasteiger partial charge in [-0.2, -0.15) is 0 Å². The first kappa shape index (κ1) is 17.1. The van der Waals surface area contributed by atoms with Crippen molar-refractivity contribution < 1.29 is 19.1 Å². The Hall–Kier alpha value is -2.30. The van der Waals surface area contributed by atoms with Gasteiger partial charge in [0.15, 0.2) is 0 Å². The van der Waals surface area contributed by atoms with Gasteiger partial charge in [-0.1, -0.05) is 30.3 Å². The molecule has 0 N–H and O–H groups in total. The second-order valence-corrected chi connectivity index (χ2v) is 6.47. The predicted molar refractivity (Wildman–Crippen MR) is 87.8 cm³/mol. The number of carbonyl (C=O) groups is 2. The van der Waals surface area contributed by atoms with Gasteiger partial charge in [-0.25, -0.2) is 9.59 Å². The molecule has 1 aliphatic rings. The van der Waals surface area contributed by atoms with E-state index in [-0.39, 0.29) is 12.1 Å². The van der Waals surface area contributed by atoms with E-state index in [1.54, 1.807) is 4.90 Å². The molecule has 0 fully saturated rings. The third kappa shape index (κ3) is 4.34. The van der Waals surface area contributed by atoms with E-state index in [0.717, 1.165) is 11.1 Å². The third-order valence-corrected chi connectivity index (χ3v) is 3.55. The van der Waals surface area contributed by atoms with Crippen molar-refractivity contribution in [1.82, 2.24) is 4.90 Å². The quantitative estimate of drug-likeness (QED) is 0.786. The van der Waals surface area contributed by atoms with Crippen LogP contribution in [0.4, 0.5) is 4.79 Å². The molecular weight excluding hydrogens is 294 g/mol. The van der Waals surface area contributed by atoms with E-state index in [9.17, 15) is 9.59 Å². The Kier molecular flexibility index (Phi) is 5.08. The van der Waals surface area contributed by atoms with Gasteiger partial charge >= 0.3 is 12.1 Å². The molecule has 124 valence electrons. The number of benzene rings is 1. The molecular formula is C18H23NO4. The van der Waals surface area contributed by atoms with Crippen LogP contribution in [-0.2, 0) is 14.3 Å². The van der Waals surface area contributed by atoms with Crippen LogP contribution in [0.15, 0.2) is 35.9 Å². The average Bonchev–Trinajstić information content (AvgIpc) is 2.52. The first-order chi connectivity index (χ1) is 10.8. The summed E-state index contributed by atoms with van der Waals surface area (Å²) in [6, 6.07) is 9.58. The molecule has 0 radical (unpaired) electrons. The highest BCUT2D eigenvalue weighted by Crippen LogP contribution is 2.28. The van der Waals surface area contributed by atoms with E-state index in [2.05, 4.69) is 0 Å². The molecule has 2 rings (SSSR count). The van der Waals surface area contributed by atoms with Crippen molar-refractivity contribution in [3.63, 3.8) is 0 Å². The van der Waals surface area contributed by atoms with Gasteiger partial charge in [0.25, 0.3) is 0 Å². The van der Waals surface area contributed by atoms with E-state index < -0.39 is 5.60 Å². The van der Waals surface area contributed by atoms with Crippen LogP contribution in [-0.4, -0.2) is 42.8 Å². The summed E-state index contributed by atoms with van der Waals surface area (Å²) >= 11 is 0. The molecule has 0 bridgehead atoms. The van der Waals surface area contributed by atoms with E-state index in [1.165, 1.54) is 7.11 Å². The summed E-state index contributed by atoms with van der Waals surface area (Å²) in [4.78, 5) is 26.0. The van der Waals surface area contributed by atoms with Crippen molar-refractivity contribution in [2.24, 2.45) is 0 Å². The van der Waals surface area contributed by atoms with E-state index >= 15 is 0 Å². The molecule has 5 nitrogen and oxygen atoms in total. The lowest BCUT2D eigenvalue weighted by Gasteiger charge is -2.32. The van der Waals surface area contributed by atoms with Gasteiger partial charge < -0.3 is 14.4 Å². The van der Waals surface area contributed by atoms with Crippen molar-refractivity contribution in [3.05, 3.63) is 41.5 Å². The molecule has 1 aromatic carbocycles. The predicted octanol–water partition coefficient (Wildman–Crippen LogP) is 3.25. The molecule has 0 saturated heterocycles. The van der Waals surface area contributed by atoms with Gasteiger partial charge in [-0.05, 0) is 38.3 Å². The molecule has 23 heavy (non-hydrogen) atoms. The number of ether oxygens (including phenoxy) is 2. The zero-order chi connectivity index (χ0) is 17.0. The summed E-state index contributed by atoms with van der Waals surface area (Å²) in [6.07, 6.45) is 0.0886. The zero-order valence-electron chi connectivity index (χ0n) is 14.1. The zero-order valence-corrected chi connectivity index (χ0v) is 14.1. The van der Waals surface area contributed by atoms with Gasteiger partial charge in [-0.3, -0.25) is 0 Å². The number of hydrogen-bond donors (Lipinski definition) is 0. The fraction of sp³-hybridized carbons (Fsp3) is 0.444. The van der Waals surface area contributed by atoms with Crippen LogP contribution in [0, 0.1) is 0 Å². The van der Waals surface area contributed by atoms with Crippen molar-refractivity contribution in [1.29, 1.82) is 0 Å². The number of carbonyl (C=O) groups excluding carboxylic acids is 2. The summed E-state index contributed by atoms with van der Waals surface area (Å²) in [7, 11) is 1.37. The number of rotatable bonds is 2. The normalized spacial score (nSPS) is 15.4. The highest BCUT2D eigenvalue weighted by Gasteiger charge is 2.30. The first-order valence-corrected chi connectivity index (χ1v) is 7.65. The number of amides is 1. The topological polar surface area (TPSA) is 55.8 Å². The SMILES string of the molecule is COC(=O)C1=C(c2ccccc2)CN(C(=O)OC(C)(C)C)CC1. The number of methoxy groups -OCH3 is 1. The molecule has 1 aliphatic heterocycles. The average molecular weight is 317 g/mol.